The molecule has 2 saturated heterocycles. The smallest absolute Gasteiger partial charge is 0.0113 e. The van der Waals surface area contributed by atoms with Crippen LogP contribution in [-0.2, 0) is 0 Å². The molecule has 3 heteroatoms. The van der Waals surface area contributed by atoms with Gasteiger partial charge in [0.15, 0.2) is 0 Å². The Hall–Kier alpha value is -0.120. The number of rotatable bonds is 5. The fraction of sp³-hybridized carbons (Fsp3) is 1.00. The summed E-state index contributed by atoms with van der Waals surface area (Å²) >= 11 is 0. The highest BCUT2D eigenvalue weighted by atomic mass is 15.3. The predicted molar refractivity (Wildman–Crippen MR) is 115 cm³/mol. The van der Waals surface area contributed by atoms with Crippen molar-refractivity contribution in [2.24, 2.45) is 5.92 Å². The molecule has 0 aromatic rings. The summed E-state index contributed by atoms with van der Waals surface area (Å²) in [6.45, 7) is 18.2. The second-order valence-electron chi connectivity index (χ2n) is 9.24. The van der Waals surface area contributed by atoms with Crippen molar-refractivity contribution in [1.82, 2.24) is 14.7 Å². The molecule has 0 aromatic carbocycles. The molecule has 0 atom stereocenters. The third-order valence-electron chi connectivity index (χ3n) is 6.73. The van der Waals surface area contributed by atoms with Crippen molar-refractivity contribution in [3.05, 3.63) is 0 Å². The Labute approximate surface area is 164 Å². The predicted octanol–water partition coefficient (Wildman–Crippen LogP) is 4.86. The van der Waals surface area contributed by atoms with E-state index in [-0.39, 0.29) is 0 Å². The molecule has 3 nitrogen and oxygen atoms in total. The lowest BCUT2D eigenvalue weighted by Gasteiger charge is -2.41. The van der Waals surface area contributed by atoms with E-state index in [1.807, 2.05) is 0 Å². The maximum Gasteiger partial charge on any atom is 0.0113 e. The molecule has 3 fully saturated rings. The minimum atomic E-state index is 0.740. The molecule has 0 radical (unpaired) electrons. The zero-order valence-corrected chi connectivity index (χ0v) is 18.4. The molecule has 2 heterocycles. The maximum atomic E-state index is 2.80. The van der Waals surface area contributed by atoms with Crippen LogP contribution >= 0.6 is 0 Å². The van der Waals surface area contributed by atoms with E-state index < -0.39 is 0 Å². The SMILES string of the molecule is CC(C)N1CCC(CCN2CCN(C3CCCCC3)CC2)CC1.CCC. The number of nitrogens with zero attached hydrogens (tertiary/aromatic N) is 3. The average Bonchev–Trinajstić information content (AvgIpc) is 2.68. The summed E-state index contributed by atoms with van der Waals surface area (Å²) in [5.74, 6) is 0.987. The van der Waals surface area contributed by atoms with E-state index in [1.165, 1.54) is 104 Å². The van der Waals surface area contributed by atoms with Gasteiger partial charge in [0.1, 0.15) is 0 Å². The Morgan fingerprint density at radius 1 is 0.769 bits per heavy atom. The van der Waals surface area contributed by atoms with Gasteiger partial charge in [0, 0.05) is 38.3 Å². The molecule has 0 bridgehead atoms. The van der Waals surface area contributed by atoms with Gasteiger partial charge < -0.3 is 9.80 Å². The van der Waals surface area contributed by atoms with E-state index in [4.69, 9.17) is 0 Å². The minimum Gasteiger partial charge on any atom is -0.301 e. The normalized spacial score (nSPS) is 25.3. The maximum absolute atomic E-state index is 2.80. The van der Waals surface area contributed by atoms with Crippen LogP contribution in [0.4, 0.5) is 0 Å². The quantitative estimate of drug-likeness (QED) is 0.688. The molecule has 3 rings (SSSR count). The van der Waals surface area contributed by atoms with Crippen molar-refractivity contribution in [2.75, 3.05) is 45.8 Å². The molecule has 26 heavy (non-hydrogen) atoms. The summed E-state index contributed by atoms with van der Waals surface area (Å²) < 4.78 is 0. The van der Waals surface area contributed by atoms with Gasteiger partial charge in [-0.05, 0) is 71.5 Å². The van der Waals surface area contributed by atoms with Crippen LogP contribution in [0.1, 0.15) is 85.5 Å². The highest BCUT2D eigenvalue weighted by Crippen LogP contribution is 2.25. The van der Waals surface area contributed by atoms with Crippen LogP contribution in [0.15, 0.2) is 0 Å². The molecule has 0 N–H and O–H groups in total. The Kier molecular flexibility index (Phi) is 10.5. The van der Waals surface area contributed by atoms with Crippen LogP contribution in [0, 0.1) is 5.92 Å². The Balaban J connectivity index is 0.000000758. The van der Waals surface area contributed by atoms with Crippen molar-refractivity contribution >= 4 is 0 Å². The van der Waals surface area contributed by atoms with Crippen molar-refractivity contribution in [1.29, 1.82) is 0 Å². The third-order valence-corrected chi connectivity index (χ3v) is 6.73. The van der Waals surface area contributed by atoms with Gasteiger partial charge in [-0.2, -0.15) is 0 Å². The van der Waals surface area contributed by atoms with Crippen LogP contribution in [0.25, 0.3) is 0 Å². The standard InChI is InChI=1S/C20H39N3.C3H8/c1-18(2)22-12-9-19(10-13-22)8-11-21-14-16-23(17-15-21)20-6-4-3-5-7-20;1-3-2/h18-20H,3-17H2,1-2H3;3H2,1-2H3. The fourth-order valence-electron chi connectivity index (χ4n) is 4.92. The van der Waals surface area contributed by atoms with Gasteiger partial charge in [0.05, 0.1) is 0 Å². The molecule has 0 unspecified atom stereocenters. The monoisotopic (exact) mass is 365 g/mol. The lowest BCUT2D eigenvalue weighted by atomic mass is 9.92. The van der Waals surface area contributed by atoms with Gasteiger partial charge >= 0.3 is 0 Å². The van der Waals surface area contributed by atoms with Crippen LogP contribution in [0.2, 0.25) is 0 Å². The van der Waals surface area contributed by atoms with Crippen molar-refractivity contribution < 1.29 is 0 Å². The lowest BCUT2D eigenvalue weighted by molar-refractivity contribution is 0.0717. The van der Waals surface area contributed by atoms with E-state index in [9.17, 15) is 0 Å². The number of hydrogen-bond acceptors (Lipinski definition) is 3. The van der Waals surface area contributed by atoms with E-state index in [0.717, 1.165) is 18.0 Å². The topological polar surface area (TPSA) is 9.72 Å². The van der Waals surface area contributed by atoms with Gasteiger partial charge in [0.2, 0.25) is 0 Å². The molecule has 2 aliphatic heterocycles. The van der Waals surface area contributed by atoms with E-state index in [1.54, 1.807) is 0 Å². The number of likely N-dealkylation sites (tertiary alicyclic amines) is 1. The minimum absolute atomic E-state index is 0.740. The summed E-state index contributed by atoms with van der Waals surface area (Å²) in [5.41, 5.74) is 0. The molecular weight excluding hydrogens is 318 g/mol. The largest absolute Gasteiger partial charge is 0.301 e. The summed E-state index contributed by atoms with van der Waals surface area (Å²) in [6.07, 6.45) is 12.9. The number of piperazine rings is 1. The first-order valence-corrected chi connectivity index (χ1v) is 11.8. The summed E-state index contributed by atoms with van der Waals surface area (Å²) in [7, 11) is 0. The van der Waals surface area contributed by atoms with Crippen molar-refractivity contribution in [3.63, 3.8) is 0 Å². The van der Waals surface area contributed by atoms with Crippen molar-refractivity contribution in [3.8, 4) is 0 Å². The molecule has 1 aliphatic carbocycles. The van der Waals surface area contributed by atoms with Gasteiger partial charge in [-0.25, -0.2) is 0 Å². The highest BCUT2D eigenvalue weighted by Gasteiger charge is 2.26. The fourth-order valence-corrected chi connectivity index (χ4v) is 4.92. The first-order valence-electron chi connectivity index (χ1n) is 11.8. The first-order chi connectivity index (χ1) is 12.6. The Morgan fingerprint density at radius 2 is 1.35 bits per heavy atom. The Morgan fingerprint density at radius 3 is 1.88 bits per heavy atom. The van der Waals surface area contributed by atoms with Gasteiger partial charge in [-0.15, -0.1) is 0 Å². The van der Waals surface area contributed by atoms with Gasteiger partial charge in [-0.1, -0.05) is 39.5 Å². The van der Waals surface area contributed by atoms with Crippen LogP contribution in [0.3, 0.4) is 0 Å². The zero-order chi connectivity index (χ0) is 18.8. The molecule has 3 aliphatic rings. The van der Waals surface area contributed by atoms with Gasteiger partial charge in [-0.3, -0.25) is 4.90 Å². The summed E-state index contributed by atoms with van der Waals surface area (Å²) in [5, 5.41) is 0. The molecule has 0 aromatic heterocycles. The van der Waals surface area contributed by atoms with Gasteiger partial charge in [0.25, 0.3) is 0 Å². The molecular formula is C23H47N3. The van der Waals surface area contributed by atoms with E-state index in [2.05, 4.69) is 42.4 Å². The highest BCUT2D eigenvalue weighted by molar-refractivity contribution is 4.82. The molecule has 154 valence electrons. The summed E-state index contributed by atoms with van der Waals surface area (Å²) in [6, 6.07) is 1.66. The van der Waals surface area contributed by atoms with Crippen LogP contribution in [-0.4, -0.2) is 72.6 Å². The lowest BCUT2D eigenvalue weighted by Crippen LogP contribution is -2.51. The Bertz CT molecular complexity index is 335. The number of hydrogen-bond donors (Lipinski definition) is 0. The van der Waals surface area contributed by atoms with Crippen molar-refractivity contribution in [2.45, 2.75) is 97.6 Å². The molecule has 0 amide bonds. The van der Waals surface area contributed by atoms with E-state index in [0.29, 0.717) is 0 Å². The van der Waals surface area contributed by atoms with Crippen LogP contribution < -0.4 is 0 Å². The van der Waals surface area contributed by atoms with Crippen LogP contribution in [0.5, 0.6) is 0 Å². The first kappa shape index (κ1) is 22.2. The molecule has 1 saturated carbocycles. The molecule has 0 spiro atoms. The number of piperidine rings is 1. The van der Waals surface area contributed by atoms with E-state index >= 15 is 0 Å². The average molecular weight is 366 g/mol. The third kappa shape index (κ3) is 7.48. The zero-order valence-electron chi connectivity index (χ0n) is 18.4. The second-order valence-corrected chi connectivity index (χ2v) is 9.24. The second kappa shape index (κ2) is 12.4. The summed E-state index contributed by atoms with van der Waals surface area (Å²) in [4.78, 5) is 8.20.